The second kappa shape index (κ2) is 9.10. The van der Waals surface area contributed by atoms with Gasteiger partial charge in [0.15, 0.2) is 6.29 Å². The summed E-state index contributed by atoms with van der Waals surface area (Å²) in [5.74, 6) is -1.33. The van der Waals surface area contributed by atoms with E-state index in [4.69, 9.17) is 4.74 Å². The van der Waals surface area contributed by atoms with E-state index in [1.165, 1.54) is 0 Å². The SMILES string of the molecule is CCCCCCCC(O)OCc1ccc(C(F)(F)F)c(F)c1. The lowest BCUT2D eigenvalue weighted by molar-refractivity contribution is -0.140. The van der Waals surface area contributed by atoms with E-state index >= 15 is 0 Å². The van der Waals surface area contributed by atoms with Gasteiger partial charge in [-0.05, 0) is 30.5 Å². The van der Waals surface area contributed by atoms with Gasteiger partial charge in [-0.15, -0.1) is 0 Å². The second-order valence-corrected chi connectivity index (χ2v) is 5.28. The Balaban J connectivity index is 2.37. The van der Waals surface area contributed by atoms with Crippen LogP contribution in [0.15, 0.2) is 18.2 Å². The first-order valence-corrected chi connectivity index (χ1v) is 7.50. The fraction of sp³-hybridized carbons (Fsp3) is 0.625. The Morgan fingerprint density at radius 2 is 1.82 bits per heavy atom. The smallest absolute Gasteiger partial charge is 0.368 e. The van der Waals surface area contributed by atoms with Gasteiger partial charge in [-0.2, -0.15) is 13.2 Å². The molecular weight excluding hydrogens is 300 g/mol. The van der Waals surface area contributed by atoms with Crippen molar-refractivity contribution in [2.45, 2.75) is 64.5 Å². The van der Waals surface area contributed by atoms with E-state index in [2.05, 4.69) is 6.92 Å². The summed E-state index contributed by atoms with van der Waals surface area (Å²) < 4.78 is 55.7. The molecule has 0 spiro atoms. The number of aliphatic hydroxyl groups is 1. The molecule has 1 unspecified atom stereocenters. The van der Waals surface area contributed by atoms with Crippen molar-refractivity contribution < 1.29 is 27.4 Å². The number of aliphatic hydroxyl groups excluding tert-OH is 1. The van der Waals surface area contributed by atoms with E-state index in [1.54, 1.807) is 0 Å². The van der Waals surface area contributed by atoms with Crippen molar-refractivity contribution >= 4 is 0 Å². The molecule has 0 amide bonds. The summed E-state index contributed by atoms with van der Waals surface area (Å²) in [4.78, 5) is 0. The third-order valence-corrected chi connectivity index (χ3v) is 3.34. The van der Waals surface area contributed by atoms with Crippen LogP contribution in [0.25, 0.3) is 0 Å². The molecule has 0 aliphatic rings. The zero-order valence-corrected chi connectivity index (χ0v) is 12.6. The first-order chi connectivity index (χ1) is 10.3. The molecular formula is C16H22F4O2. The third kappa shape index (κ3) is 6.75. The molecule has 0 aliphatic heterocycles. The van der Waals surface area contributed by atoms with Crippen LogP contribution in [-0.2, 0) is 17.5 Å². The van der Waals surface area contributed by atoms with Gasteiger partial charge in [0.2, 0.25) is 0 Å². The first-order valence-electron chi connectivity index (χ1n) is 7.50. The van der Waals surface area contributed by atoms with Gasteiger partial charge in [0.1, 0.15) is 5.82 Å². The molecule has 22 heavy (non-hydrogen) atoms. The summed E-state index contributed by atoms with van der Waals surface area (Å²) in [6.07, 6.45) is 0.000183. The van der Waals surface area contributed by atoms with Crippen LogP contribution in [0, 0.1) is 5.82 Å². The van der Waals surface area contributed by atoms with Crippen LogP contribution in [-0.4, -0.2) is 11.4 Å². The Labute approximate surface area is 128 Å². The summed E-state index contributed by atoms with van der Waals surface area (Å²) in [7, 11) is 0. The van der Waals surface area contributed by atoms with E-state index < -0.39 is 23.8 Å². The van der Waals surface area contributed by atoms with Gasteiger partial charge in [0.05, 0.1) is 12.2 Å². The molecule has 1 atom stereocenters. The Hall–Kier alpha value is -1.14. The molecule has 1 N–H and O–H groups in total. The van der Waals surface area contributed by atoms with Gasteiger partial charge in [-0.3, -0.25) is 0 Å². The maximum Gasteiger partial charge on any atom is 0.419 e. The summed E-state index contributed by atoms with van der Waals surface area (Å²) in [5, 5.41) is 9.62. The molecule has 126 valence electrons. The van der Waals surface area contributed by atoms with Crippen molar-refractivity contribution in [3.8, 4) is 0 Å². The minimum atomic E-state index is -4.71. The van der Waals surface area contributed by atoms with E-state index in [9.17, 15) is 22.7 Å². The highest BCUT2D eigenvalue weighted by Gasteiger charge is 2.33. The number of halogens is 4. The summed E-state index contributed by atoms with van der Waals surface area (Å²) in [5.41, 5.74) is -1.04. The zero-order chi connectivity index (χ0) is 16.6. The summed E-state index contributed by atoms with van der Waals surface area (Å²) >= 11 is 0. The van der Waals surface area contributed by atoms with Crippen LogP contribution < -0.4 is 0 Å². The summed E-state index contributed by atoms with van der Waals surface area (Å²) in [6.45, 7) is 1.99. The average Bonchev–Trinajstić information content (AvgIpc) is 2.43. The predicted molar refractivity (Wildman–Crippen MR) is 75.6 cm³/mol. The van der Waals surface area contributed by atoms with Crippen LogP contribution >= 0.6 is 0 Å². The lowest BCUT2D eigenvalue weighted by Gasteiger charge is -2.13. The fourth-order valence-corrected chi connectivity index (χ4v) is 2.08. The Bertz CT molecular complexity index is 446. The molecule has 6 heteroatoms. The summed E-state index contributed by atoms with van der Waals surface area (Å²) in [6, 6.07) is 2.63. The molecule has 1 aromatic carbocycles. The van der Waals surface area contributed by atoms with Crippen molar-refractivity contribution in [2.24, 2.45) is 0 Å². The molecule has 0 aromatic heterocycles. The van der Waals surface area contributed by atoms with E-state index in [0.717, 1.165) is 44.2 Å². The van der Waals surface area contributed by atoms with E-state index in [-0.39, 0.29) is 12.2 Å². The van der Waals surface area contributed by atoms with Gasteiger partial charge in [0, 0.05) is 0 Å². The minimum absolute atomic E-state index is 0.120. The molecule has 0 bridgehead atoms. The quantitative estimate of drug-likeness (QED) is 0.392. The van der Waals surface area contributed by atoms with Crippen LogP contribution in [0.2, 0.25) is 0 Å². The maximum atomic E-state index is 13.4. The topological polar surface area (TPSA) is 29.5 Å². The Kier molecular flexibility index (Phi) is 7.82. The number of ether oxygens (including phenoxy) is 1. The monoisotopic (exact) mass is 322 g/mol. The Morgan fingerprint density at radius 3 is 2.41 bits per heavy atom. The molecule has 0 saturated carbocycles. The molecule has 0 saturated heterocycles. The minimum Gasteiger partial charge on any atom is -0.368 e. The van der Waals surface area contributed by atoms with Gasteiger partial charge in [-0.25, -0.2) is 4.39 Å². The number of hydrogen-bond acceptors (Lipinski definition) is 2. The second-order valence-electron chi connectivity index (χ2n) is 5.28. The van der Waals surface area contributed by atoms with Crippen molar-refractivity contribution in [1.82, 2.24) is 0 Å². The average molecular weight is 322 g/mol. The van der Waals surface area contributed by atoms with Crippen molar-refractivity contribution in [3.05, 3.63) is 35.1 Å². The van der Waals surface area contributed by atoms with Crippen molar-refractivity contribution in [1.29, 1.82) is 0 Å². The van der Waals surface area contributed by atoms with E-state index in [1.807, 2.05) is 0 Å². The van der Waals surface area contributed by atoms with Gasteiger partial charge in [-0.1, -0.05) is 38.7 Å². The highest BCUT2D eigenvalue weighted by Crippen LogP contribution is 2.31. The lowest BCUT2D eigenvalue weighted by atomic mass is 10.1. The third-order valence-electron chi connectivity index (χ3n) is 3.34. The van der Waals surface area contributed by atoms with Gasteiger partial charge < -0.3 is 9.84 Å². The molecule has 0 heterocycles. The van der Waals surface area contributed by atoms with Crippen LogP contribution in [0.3, 0.4) is 0 Å². The fourth-order valence-electron chi connectivity index (χ4n) is 2.08. The molecule has 0 radical (unpaired) electrons. The highest BCUT2D eigenvalue weighted by atomic mass is 19.4. The van der Waals surface area contributed by atoms with Gasteiger partial charge >= 0.3 is 6.18 Å². The zero-order valence-electron chi connectivity index (χ0n) is 12.6. The normalized spacial score (nSPS) is 13.4. The molecule has 2 nitrogen and oxygen atoms in total. The maximum absolute atomic E-state index is 13.4. The number of rotatable bonds is 9. The van der Waals surface area contributed by atoms with Crippen LogP contribution in [0.1, 0.15) is 56.6 Å². The van der Waals surface area contributed by atoms with Crippen LogP contribution in [0.5, 0.6) is 0 Å². The van der Waals surface area contributed by atoms with Crippen LogP contribution in [0.4, 0.5) is 17.6 Å². The van der Waals surface area contributed by atoms with Crippen molar-refractivity contribution in [2.75, 3.05) is 0 Å². The van der Waals surface area contributed by atoms with Gasteiger partial charge in [0.25, 0.3) is 0 Å². The van der Waals surface area contributed by atoms with Crippen molar-refractivity contribution in [3.63, 3.8) is 0 Å². The molecule has 0 aliphatic carbocycles. The predicted octanol–water partition coefficient (Wildman–Crippen LogP) is 5.04. The molecule has 0 fully saturated rings. The number of benzene rings is 1. The number of unbranched alkanes of at least 4 members (excludes halogenated alkanes) is 4. The first kappa shape index (κ1) is 18.9. The van der Waals surface area contributed by atoms with E-state index in [0.29, 0.717) is 12.5 Å². The largest absolute Gasteiger partial charge is 0.419 e. The number of alkyl halides is 3. The molecule has 1 rings (SSSR count). The lowest BCUT2D eigenvalue weighted by Crippen LogP contribution is -2.12. The standard InChI is InChI=1S/C16H22F4O2/c1-2-3-4-5-6-7-15(21)22-11-12-8-9-13(14(17)10-12)16(18,19)20/h8-10,15,21H,2-7,11H2,1H3. The highest BCUT2D eigenvalue weighted by molar-refractivity contribution is 5.26. The Morgan fingerprint density at radius 1 is 1.14 bits per heavy atom. The molecule has 1 aromatic rings. The number of hydrogen-bond donors (Lipinski definition) is 1.